The highest BCUT2D eigenvalue weighted by Gasteiger charge is 2.45. The number of hydrogen-bond acceptors (Lipinski definition) is 9. The van der Waals surface area contributed by atoms with Crippen LogP contribution in [0.1, 0.15) is 50.8 Å². The Morgan fingerprint density at radius 2 is 2.20 bits per heavy atom. The SMILES string of the molecule is CCCSc1nnc(N2C(N)=C(C#N)C(c3cccs3)C3=C2CC(C)(C)CC3=O)s1. The van der Waals surface area contributed by atoms with Crippen molar-refractivity contribution < 1.29 is 4.79 Å². The third-order valence-electron chi connectivity index (χ3n) is 5.23. The summed E-state index contributed by atoms with van der Waals surface area (Å²) in [6, 6.07) is 6.20. The first kappa shape index (κ1) is 21.1. The lowest BCUT2D eigenvalue weighted by Crippen LogP contribution is -2.42. The Bertz CT molecular complexity index is 1070. The van der Waals surface area contributed by atoms with E-state index in [1.54, 1.807) is 23.1 Å². The van der Waals surface area contributed by atoms with Gasteiger partial charge in [0, 0.05) is 28.3 Å². The van der Waals surface area contributed by atoms with E-state index in [0.717, 1.165) is 27.1 Å². The van der Waals surface area contributed by atoms with Gasteiger partial charge in [0.2, 0.25) is 5.13 Å². The summed E-state index contributed by atoms with van der Waals surface area (Å²) in [6.07, 6.45) is 2.19. The van der Waals surface area contributed by atoms with Gasteiger partial charge in [0.25, 0.3) is 0 Å². The zero-order valence-electron chi connectivity index (χ0n) is 17.1. The van der Waals surface area contributed by atoms with Gasteiger partial charge in [0.05, 0.1) is 17.6 Å². The van der Waals surface area contributed by atoms with E-state index in [9.17, 15) is 10.1 Å². The van der Waals surface area contributed by atoms with E-state index in [4.69, 9.17) is 5.73 Å². The largest absolute Gasteiger partial charge is 0.384 e. The number of hydrogen-bond donors (Lipinski definition) is 1. The standard InChI is InChI=1S/C21H23N5OS3/c1-4-7-29-20-25-24-19(30-20)26-13-9-21(2,3)10-14(27)17(13)16(12(11-22)18(26)23)15-6-5-8-28-15/h5-6,8,16H,4,7,9-10,23H2,1-3H3. The molecule has 156 valence electrons. The van der Waals surface area contributed by atoms with Gasteiger partial charge in [-0.2, -0.15) is 5.26 Å². The Balaban J connectivity index is 1.89. The van der Waals surface area contributed by atoms with Crippen LogP contribution in [0, 0.1) is 16.7 Å². The molecule has 0 bridgehead atoms. The lowest BCUT2D eigenvalue weighted by molar-refractivity contribution is -0.118. The molecule has 0 aromatic carbocycles. The molecule has 2 aromatic heterocycles. The topological polar surface area (TPSA) is 95.9 Å². The van der Waals surface area contributed by atoms with Crippen molar-refractivity contribution in [1.82, 2.24) is 10.2 Å². The van der Waals surface area contributed by atoms with Gasteiger partial charge in [-0.05, 0) is 29.7 Å². The predicted octanol–water partition coefficient (Wildman–Crippen LogP) is 5.04. The summed E-state index contributed by atoms with van der Waals surface area (Å²) in [6.45, 7) is 6.31. The smallest absolute Gasteiger partial charge is 0.219 e. The molecule has 0 fully saturated rings. The van der Waals surface area contributed by atoms with E-state index in [0.29, 0.717) is 34.9 Å². The van der Waals surface area contributed by atoms with Gasteiger partial charge in [0.1, 0.15) is 5.82 Å². The lowest BCUT2D eigenvalue weighted by Gasteiger charge is -2.42. The van der Waals surface area contributed by atoms with Crippen molar-refractivity contribution in [3.05, 3.63) is 45.1 Å². The maximum Gasteiger partial charge on any atom is 0.219 e. The summed E-state index contributed by atoms with van der Waals surface area (Å²) in [7, 11) is 0. The molecule has 2 N–H and O–H groups in total. The number of allylic oxidation sites excluding steroid dienone is 3. The highest BCUT2D eigenvalue weighted by molar-refractivity contribution is 8.01. The molecule has 4 rings (SSSR count). The molecule has 1 unspecified atom stereocenters. The summed E-state index contributed by atoms with van der Waals surface area (Å²) in [4.78, 5) is 16.1. The van der Waals surface area contributed by atoms with Gasteiger partial charge in [-0.3, -0.25) is 9.69 Å². The zero-order valence-corrected chi connectivity index (χ0v) is 19.6. The summed E-state index contributed by atoms with van der Waals surface area (Å²) in [5, 5.41) is 21.3. The van der Waals surface area contributed by atoms with E-state index in [2.05, 4.69) is 37.0 Å². The summed E-state index contributed by atoms with van der Waals surface area (Å²) < 4.78 is 0.863. The molecule has 6 nitrogen and oxygen atoms in total. The molecule has 9 heteroatoms. The number of aromatic nitrogens is 2. The highest BCUT2D eigenvalue weighted by atomic mass is 32.2. The second kappa shape index (κ2) is 8.17. The third kappa shape index (κ3) is 3.68. The molecule has 1 aliphatic heterocycles. The number of Topliss-reactive ketones (excluding diaryl/α,β-unsaturated/α-hetero) is 1. The molecule has 0 spiro atoms. The summed E-state index contributed by atoms with van der Waals surface area (Å²) in [5.74, 6) is 0.980. The second-order valence-electron chi connectivity index (χ2n) is 8.19. The second-order valence-corrected chi connectivity index (χ2v) is 11.5. The van der Waals surface area contributed by atoms with Crippen LogP contribution < -0.4 is 10.6 Å². The molecular formula is C21H23N5OS3. The quantitative estimate of drug-likeness (QED) is 0.628. The minimum atomic E-state index is -0.410. The highest BCUT2D eigenvalue weighted by Crippen LogP contribution is 2.51. The normalized spacial score (nSPS) is 21.1. The van der Waals surface area contributed by atoms with Crippen LogP contribution in [0.25, 0.3) is 0 Å². The molecule has 2 aromatic rings. The van der Waals surface area contributed by atoms with Crippen molar-refractivity contribution in [1.29, 1.82) is 5.26 Å². The van der Waals surface area contributed by atoms with Crippen LogP contribution in [-0.4, -0.2) is 21.7 Å². The van der Waals surface area contributed by atoms with Crippen LogP contribution in [-0.2, 0) is 4.79 Å². The molecule has 0 saturated heterocycles. The van der Waals surface area contributed by atoms with Crippen LogP contribution in [0.15, 0.2) is 44.5 Å². The molecule has 1 aliphatic carbocycles. The molecule has 1 atom stereocenters. The Labute approximate surface area is 188 Å². The van der Waals surface area contributed by atoms with E-state index in [-0.39, 0.29) is 11.2 Å². The van der Waals surface area contributed by atoms with E-state index >= 15 is 0 Å². The van der Waals surface area contributed by atoms with Gasteiger partial charge in [-0.25, -0.2) is 0 Å². The van der Waals surface area contributed by atoms with Crippen LogP contribution >= 0.6 is 34.4 Å². The zero-order chi connectivity index (χ0) is 21.5. The number of thiophene rings is 1. The number of ketones is 1. The van der Waals surface area contributed by atoms with Crippen LogP contribution in [0.5, 0.6) is 0 Å². The maximum absolute atomic E-state index is 13.4. The van der Waals surface area contributed by atoms with Crippen LogP contribution in [0.4, 0.5) is 5.13 Å². The molecule has 0 radical (unpaired) electrons. The lowest BCUT2D eigenvalue weighted by atomic mass is 9.70. The van der Waals surface area contributed by atoms with Crippen LogP contribution in [0.3, 0.4) is 0 Å². The molecule has 0 saturated carbocycles. The van der Waals surface area contributed by atoms with E-state index in [1.807, 2.05) is 22.4 Å². The Morgan fingerprint density at radius 1 is 1.40 bits per heavy atom. The van der Waals surface area contributed by atoms with Gasteiger partial charge >= 0.3 is 0 Å². The van der Waals surface area contributed by atoms with Crippen molar-refractivity contribution in [3.63, 3.8) is 0 Å². The van der Waals surface area contributed by atoms with Crippen molar-refractivity contribution in [2.45, 2.75) is 50.3 Å². The fourth-order valence-corrected chi connectivity index (χ4v) is 6.66. The fourth-order valence-electron chi connectivity index (χ4n) is 4.01. The summed E-state index contributed by atoms with van der Waals surface area (Å²) >= 11 is 4.65. The van der Waals surface area contributed by atoms with Gasteiger partial charge in [0.15, 0.2) is 10.1 Å². The first-order chi connectivity index (χ1) is 14.4. The number of nitriles is 1. The average Bonchev–Trinajstić information content (AvgIpc) is 3.36. The molecule has 0 amide bonds. The number of anilines is 1. The number of nitrogens with zero attached hydrogens (tertiary/aromatic N) is 4. The van der Waals surface area contributed by atoms with Gasteiger partial charge in [-0.1, -0.05) is 49.9 Å². The van der Waals surface area contributed by atoms with Gasteiger partial charge < -0.3 is 5.73 Å². The number of thioether (sulfide) groups is 1. The number of carbonyl (C=O) groups is 1. The molecule has 2 aliphatic rings. The molecular weight excluding hydrogens is 434 g/mol. The Morgan fingerprint density at radius 3 is 2.87 bits per heavy atom. The van der Waals surface area contributed by atoms with Gasteiger partial charge in [-0.15, -0.1) is 21.5 Å². The first-order valence-electron chi connectivity index (χ1n) is 9.82. The number of carbonyl (C=O) groups excluding carboxylic acids is 1. The van der Waals surface area contributed by atoms with E-state index in [1.165, 1.54) is 11.3 Å². The first-order valence-corrected chi connectivity index (χ1v) is 12.5. The maximum atomic E-state index is 13.4. The van der Waals surface area contributed by atoms with E-state index < -0.39 is 5.92 Å². The minimum absolute atomic E-state index is 0.0787. The molecule has 3 heterocycles. The monoisotopic (exact) mass is 457 g/mol. The van der Waals surface area contributed by atoms with Crippen molar-refractivity contribution in [2.75, 3.05) is 10.7 Å². The Hall–Kier alpha value is -2.15. The predicted molar refractivity (Wildman–Crippen MR) is 122 cm³/mol. The average molecular weight is 458 g/mol. The molecule has 30 heavy (non-hydrogen) atoms. The fraction of sp³-hybridized carbons (Fsp3) is 0.429. The Kier molecular flexibility index (Phi) is 5.75. The van der Waals surface area contributed by atoms with Crippen molar-refractivity contribution >= 4 is 45.4 Å². The number of rotatable bonds is 5. The summed E-state index contributed by atoms with van der Waals surface area (Å²) in [5.41, 5.74) is 8.34. The third-order valence-corrected chi connectivity index (χ3v) is 8.41. The van der Waals surface area contributed by atoms with Crippen molar-refractivity contribution in [2.24, 2.45) is 11.1 Å². The number of nitrogens with two attached hydrogens (primary N) is 1. The van der Waals surface area contributed by atoms with Crippen molar-refractivity contribution in [3.8, 4) is 6.07 Å². The minimum Gasteiger partial charge on any atom is -0.384 e. The van der Waals surface area contributed by atoms with Crippen LogP contribution in [0.2, 0.25) is 0 Å².